The Bertz CT molecular complexity index is 1190. The van der Waals surface area contributed by atoms with E-state index >= 15 is 0 Å². The summed E-state index contributed by atoms with van der Waals surface area (Å²) in [5.74, 6) is 0. The Balaban J connectivity index is 1.38. The van der Waals surface area contributed by atoms with Crippen LogP contribution in [0, 0.1) is 0 Å². The Kier molecular flexibility index (Phi) is 5.07. The highest BCUT2D eigenvalue weighted by Gasteiger charge is 2.20. The quantitative estimate of drug-likeness (QED) is 0.334. The summed E-state index contributed by atoms with van der Waals surface area (Å²) in [6, 6.07) is 19.5. The molecule has 0 aliphatic rings. The molecule has 1 heterocycles. The molecule has 0 fully saturated rings. The fourth-order valence-electron chi connectivity index (χ4n) is 3.17. The van der Waals surface area contributed by atoms with Gasteiger partial charge in [-0.05, 0) is 47.4 Å². The monoisotopic (exact) mass is 384 g/mol. The predicted molar refractivity (Wildman–Crippen MR) is 117 cm³/mol. The van der Waals surface area contributed by atoms with E-state index in [2.05, 4.69) is 39.9 Å². The van der Waals surface area contributed by atoms with E-state index in [1.54, 1.807) is 24.5 Å². The highest BCUT2D eigenvalue weighted by molar-refractivity contribution is 5.78. The first-order valence-electron chi connectivity index (χ1n) is 9.31. The fourth-order valence-corrected chi connectivity index (χ4v) is 3.17. The summed E-state index contributed by atoms with van der Waals surface area (Å²) in [6.45, 7) is 0.549. The molecule has 6 heteroatoms. The van der Waals surface area contributed by atoms with Gasteiger partial charge >= 0.3 is 0 Å². The van der Waals surface area contributed by atoms with Crippen molar-refractivity contribution < 1.29 is 0 Å². The van der Waals surface area contributed by atoms with Crippen LogP contribution < -0.4 is 27.2 Å². The van der Waals surface area contributed by atoms with Crippen molar-refractivity contribution in [3.63, 3.8) is 0 Å². The molecule has 1 aromatic heterocycles. The van der Waals surface area contributed by atoms with Gasteiger partial charge in [0.15, 0.2) is 0 Å². The van der Waals surface area contributed by atoms with Crippen molar-refractivity contribution in [3.05, 3.63) is 99.1 Å². The molecule has 0 saturated carbocycles. The van der Waals surface area contributed by atoms with E-state index in [0.29, 0.717) is 23.6 Å². The highest BCUT2D eigenvalue weighted by Crippen LogP contribution is 2.23. The SMILES string of the molecule is Nc1cccc(-c2ccc(CCNc3c(Nc4ccncc4)c(=O)c3=O)cc2)c1. The maximum Gasteiger partial charge on any atom is 0.253 e. The zero-order valence-corrected chi connectivity index (χ0v) is 15.7. The summed E-state index contributed by atoms with van der Waals surface area (Å²) < 4.78 is 0. The molecule has 0 aliphatic carbocycles. The Labute approximate surface area is 167 Å². The van der Waals surface area contributed by atoms with Gasteiger partial charge in [-0.3, -0.25) is 14.6 Å². The molecule has 0 amide bonds. The minimum Gasteiger partial charge on any atom is -0.399 e. The molecule has 3 aromatic carbocycles. The van der Waals surface area contributed by atoms with Gasteiger partial charge in [0.1, 0.15) is 11.4 Å². The lowest BCUT2D eigenvalue weighted by Gasteiger charge is -2.15. The van der Waals surface area contributed by atoms with Crippen molar-refractivity contribution in [1.82, 2.24) is 4.98 Å². The summed E-state index contributed by atoms with van der Waals surface area (Å²) in [4.78, 5) is 27.7. The number of benzene rings is 2. The van der Waals surface area contributed by atoms with Crippen molar-refractivity contribution >= 4 is 22.7 Å². The van der Waals surface area contributed by atoms with Gasteiger partial charge in [-0.15, -0.1) is 0 Å². The summed E-state index contributed by atoms with van der Waals surface area (Å²) in [6.07, 6.45) is 3.97. The molecule has 4 N–H and O–H groups in total. The first-order valence-corrected chi connectivity index (χ1v) is 9.31. The second-order valence-electron chi connectivity index (χ2n) is 6.77. The number of rotatable bonds is 7. The van der Waals surface area contributed by atoms with E-state index in [-0.39, 0.29) is 0 Å². The van der Waals surface area contributed by atoms with Crippen LogP contribution in [0.3, 0.4) is 0 Å². The van der Waals surface area contributed by atoms with E-state index in [9.17, 15) is 9.59 Å². The minimum absolute atomic E-state index is 0.304. The van der Waals surface area contributed by atoms with Crippen LogP contribution in [0.2, 0.25) is 0 Å². The number of anilines is 4. The molecular formula is C23H20N4O2. The molecule has 0 bridgehead atoms. The second kappa shape index (κ2) is 7.98. The lowest BCUT2D eigenvalue weighted by atomic mass is 10.0. The smallest absolute Gasteiger partial charge is 0.253 e. The van der Waals surface area contributed by atoms with Crippen LogP contribution in [-0.4, -0.2) is 11.5 Å². The van der Waals surface area contributed by atoms with Crippen LogP contribution in [0.5, 0.6) is 0 Å². The molecule has 6 nitrogen and oxygen atoms in total. The lowest BCUT2D eigenvalue weighted by Crippen LogP contribution is -2.37. The van der Waals surface area contributed by atoms with E-state index in [0.717, 1.165) is 28.8 Å². The summed E-state index contributed by atoms with van der Waals surface area (Å²) in [5.41, 5.74) is 10.3. The summed E-state index contributed by atoms with van der Waals surface area (Å²) in [7, 11) is 0. The second-order valence-corrected chi connectivity index (χ2v) is 6.77. The molecule has 0 unspecified atom stereocenters. The van der Waals surface area contributed by atoms with E-state index in [1.807, 2.05) is 24.3 Å². The topological polar surface area (TPSA) is 97.1 Å². The zero-order valence-electron chi connectivity index (χ0n) is 15.7. The number of hydrogen-bond donors (Lipinski definition) is 3. The van der Waals surface area contributed by atoms with Crippen molar-refractivity contribution in [2.24, 2.45) is 0 Å². The standard InChI is InChI=1S/C23H20N4O2/c24-18-3-1-2-17(14-18)16-6-4-15(5-7-16)8-13-26-20-21(23(29)22(20)28)27-19-9-11-25-12-10-19/h1-7,9-12,14,26H,8,13,24H2,(H,25,27). The van der Waals surface area contributed by atoms with Crippen LogP contribution in [0.25, 0.3) is 11.1 Å². The molecule has 29 heavy (non-hydrogen) atoms. The lowest BCUT2D eigenvalue weighted by molar-refractivity contribution is 1.01. The highest BCUT2D eigenvalue weighted by atomic mass is 16.2. The van der Waals surface area contributed by atoms with Gasteiger partial charge in [0.05, 0.1) is 0 Å². The minimum atomic E-state index is -0.504. The summed E-state index contributed by atoms with van der Waals surface area (Å²) >= 11 is 0. The number of nitrogen functional groups attached to an aromatic ring is 1. The summed E-state index contributed by atoms with van der Waals surface area (Å²) in [5, 5.41) is 6.07. The molecule has 0 atom stereocenters. The Hall–Kier alpha value is -3.93. The average molecular weight is 384 g/mol. The number of nitrogens with one attached hydrogen (secondary N) is 2. The molecule has 4 aromatic rings. The van der Waals surface area contributed by atoms with Gasteiger partial charge in [-0.2, -0.15) is 0 Å². The third kappa shape index (κ3) is 4.01. The van der Waals surface area contributed by atoms with Crippen molar-refractivity contribution in [2.75, 3.05) is 22.9 Å². The molecule has 144 valence electrons. The third-order valence-electron chi connectivity index (χ3n) is 4.75. The van der Waals surface area contributed by atoms with Gasteiger partial charge in [0.25, 0.3) is 10.9 Å². The van der Waals surface area contributed by atoms with Crippen LogP contribution in [0.1, 0.15) is 5.56 Å². The molecule has 0 aliphatic heterocycles. The van der Waals surface area contributed by atoms with Gasteiger partial charge in [0, 0.05) is 30.3 Å². The molecule has 0 radical (unpaired) electrons. The number of aromatic nitrogens is 1. The van der Waals surface area contributed by atoms with E-state index < -0.39 is 10.9 Å². The number of pyridine rings is 1. The third-order valence-corrected chi connectivity index (χ3v) is 4.75. The van der Waals surface area contributed by atoms with Crippen molar-refractivity contribution in [1.29, 1.82) is 0 Å². The van der Waals surface area contributed by atoms with Crippen LogP contribution >= 0.6 is 0 Å². The van der Waals surface area contributed by atoms with Gasteiger partial charge in [-0.25, -0.2) is 0 Å². The average Bonchev–Trinajstić information content (AvgIpc) is 2.76. The molecule has 0 saturated heterocycles. The Morgan fingerprint density at radius 1 is 0.828 bits per heavy atom. The number of nitrogens with two attached hydrogens (primary N) is 1. The van der Waals surface area contributed by atoms with Gasteiger partial charge < -0.3 is 16.4 Å². The van der Waals surface area contributed by atoms with Gasteiger partial charge in [0.2, 0.25) is 0 Å². The molecular weight excluding hydrogens is 364 g/mol. The first kappa shape index (κ1) is 18.4. The largest absolute Gasteiger partial charge is 0.399 e. The first-order chi connectivity index (χ1) is 14.1. The van der Waals surface area contributed by atoms with E-state index in [1.165, 1.54) is 0 Å². The van der Waals surface area contributed by atoms with Crippen LogP contribution in [-0.2, 0) is 6.42 Å². The van der Waals surface area contributed by atoms with E-state index in [4.69, 9.17) is 5.73 Å². The zero-order chi connectivity index (χ0) is 20.2. The Morgan fingerprint density at radius 2 is 1.55 bits per heavy atom. The fraction of sp³-hybridized carbons (Fsp3) is 0.0870. The number of nitrogens with zero attached hydrogens (tertiary/aromatic N) is 1. The normalized spacial score (nSPS) is 10.8. The van der Waals surface area contributed by atoms with Crippen molar-refractivity contribution in [2.45, 2.75) is 6.42 Å². The molecule has 4 rings (SSSR count). The van der Waals surface area contributed by atoms with Crippen LogP contribution in [0.4, 0.5) is 22.7 Å². The van der Waals surface area contributed by atoms with Gasteiger partial charge in [-0.1, -0.05) is 36.4 Å². The van der Waals surface area contributed by atoms with Crippen molar-refractivity contribution in [3.8, 4) is 11.1 Å². The Morgan fingerprint density at radius 3 is 2.28 bits per heavy atom. The van der Waals surface area contributed by atoms with Crippen LogP contribution in [0.15, 0.2) is 82.6 Å². The molecule has 0 spiro atoms. The predicted octanol–water partition coefficient (Wildman–Crippen LogP) is 3.33. The maximum atomic E-state index is 11.9. The number of hydrogen-bond acceptors (Lipinski definition) is 6. The maximum absolute atomic E-state index is 11.9.